The molecule has 0 aliphatic heterocycles. The van der Waals surface area contributed by atoms with Gasteiger partial charge in [-0.15, -0.1) is 0 Å². The third-order valence-corrected chi connectivity index (χ3v) is 2.04. The Morgan fingerprint density at radius 2 is 1.81 bits per heavy atom. The Morgan fingerprint density at radius 1 is 1.25 bits per heavy atom. The summed E-state index contributed by atoms with van der Waals surface area (Å²) in [5, 5.41) is 13.6. The van der Waals surface area contributed by atoms with Gasteiger partial charge >= 0.3 is 5.97 Å². The number of carbonyl (C=O) groups is 3. The van der Waals surface area contributed by atoms with Gasteiger partial charge in [0.25, 0.3) is 0 Å². The first-order valence-electron chi connectivity index (χ1n) is 5.08. The molecule has 1 atom stereocenters. The molecule has 0 radical (unpaired) electrons. The summed E-state index contributed by atoms with van der Waals surface area (Å²) in [6, 6.07) is -0.418. The first kappa shape index (κ1) is 14.4. The number of hydrogen-bond acceptors (Lipinski definition) is 3. The SMILES string of the molecule is CC(=O)NCC(=O)NC(CC(=O)O)C(C)C. The molecule has 1 unspecified atom stereocenters. The molecule has 3 N–H and O–H groups in total. The summed E-state index contributed by atoms with van der Waals surface area (Å²) in [5.41, 5.74) is 0. The molecule has 0 fully saturated rings. The Hall–Kier alpha value is -1.59. The lowest BCUT2D eigenvalue weighted by molar-refractivity contribution is -0.138. The molecule has 0 bridgehead atoms. The first-order valence-corrected chi connectivity index (χ1v) is 5.08. The van der Waals surface area contributed by atoms with Crippen LogP contribution in [-0.2, 0) is 14.4 Å². The van der Waals surface area contributed by atoms with Crippen LogP contribution in [0.2, 0.25) is 0 Å². The van der Waals surface area contributed by atoms with Gasteiger partial charge in [-0.3, -0.25) is 14.4 Å². The van der Waals surface area contributed by atoms with E-state index in [4.69, 9.17) is 5.11 Å². The molecule has 0 aliphatic rings. The van der Waals surface area contributed by atoms with E-state index in [0.29, 0.717) is 0 Å². The second-order valence-corrected chi connectivity index (χ2v) is 3.93. The smallest absolute Gasteiger partial charge is 0.305 e. The van der Waals surface area contributed by atoms with Crippen LogP contribution in [0.15, 0.2) is 0 Å². The maximum atomic E-state index is 11.3. The summed E-state index contributed by atoms with van der Waals surface area (Å²) in [5.74, 6) is -1.61. The topological polar surface area (TPSA) is 95.5 Å². The Balaban J connectivity index is 4.13. The lowest BCUT2D eigenvalue weighted by atomic mass is 10.0. The normalized spacial score (nSPS) is 12.0. The van der Waals surface area contributed by atoms with Crippen molar-refractivity contribution in [3.63, 3.8) is 0 Å². The fourth-order valence-corrected chi connectivity index (χ4v) is 1.10. The number of amides is 2. The summed E-state index contributed by atoms with van der Waals surface area (Å²) in [6.07, 6.45) is -0.122. The van der Waals surface area contributed by atoms with Gasteiger partial charge in [-0.1, -0.05) is 13.8 Å². The minimum atomic E-state index is -0.960. The van der Waals surface area contributed by atoms with E-state index in [1.54, 1.807) is 0 Å². The third kappa shape index (κ3) is 6.80. The van der Waals surface area contributed by atoms with Crippen LogP contribution in [0, 0.1) is 5.92 Å². The molecular formula is C10H18N2O4. The third-order valence-electron chi connectivity index (χ3n) is 2.04. The number of carbonyl (C=O) groups excluding carboxylic acids is 2. The number of carboxylic acids is 1. The standard InChI is InChI=1S/C10H18N2O4/c1-6(2)8(4-10(15)16)12-9(14)5-11-7(3)13/h6,8H,4-5H2,1-3H3,(H,11,13)(H,12,14)(H,15,16). The van der Waals surface area contributed by atoms with Crippen molar-refractivity contribution in [2.75, 3.05) is 6.54 Å². The average Bonchev–Trinajstić information content (AvgIpc) is 2.12. The second-order valence-electron chi connectivity index (χ2n) is 3.93. The van der Waals surface area contributed by atoms with Gasteiger partial charge in [0, 0.05) is 13.0 Å². The minimum absolute atomic E-state index is 0.0254. The van der Waals surface area contributed by atoms with E-state index in [1.165, 1.54) is 6.92 Å². The molecule has 0 heterocycles. The van der Waals surface area contributed by atoms with E-state index in [2.05, 4.69) is 10.6 Å². The minimum Gasteiger partial charge on any atom is -0.481 e. The van der Waals surface area contributed by atoms with Crippen molar-refractivity contribution in [1.29, 1.82) is 0 Å². The van der Waals surface area contributed by atoms with Crippen LogP contribution in [0.1, 0.15) is 27.2 Å². The van der Waals surface area contributed by atoms with E-state index in [1.807, 2.05) is 13.8 Å². The molecule has 6 nitrogen and oxygen atoms in total. The Morgan fingerprint density at radius 3 is 2.19 bits per heavy atom. The lowest BCUT2D eigenvalue weighted by Gasteiger charge is -2.20. The molecule has 0 aromatic carbocycles. The highest BCUT2D eigenvalue weighted by atomic mass is 16.4. The highest BCUT2D eigenvalue weighted by molar-refractivity contribution is 5.84. The molecule has 0 rings (SSSR count). The zero-order valence-corrected chi connectivity index (χ0v) is 9.74. The van der Waals surface area contributed by atoms with E-state index < -0.39 is 12.0 Å². The van der Waals surface area contributed by atoms with Gasteiger partial charge in [0.1, 0.15) is 0 Å². The van der Waals surface area contributed by atoms with Crippen LogP contribution in [0.3, 0.4) is 0 Å². The number of carboxylic acid groups (broad SMARTS) is 1. The molecule has 16 heavy (non-hydrogen) atoms. The van der Waals surface area contributed by atoms with Crippen LogP contribution in [0.5, 0.6) is 0 Å². The molecule has 0 aromatic heterocycles. The van der Waals surface area contributed by atoms with Crippen molar-refractivity contribution in [3.05, 3.63) is 0 Å². The quantitative estimate of drug-likeness (QED) is 0.585. The number of rotatable bonds is 6. The lowest BCUT2D eigenvalue weighted by Crippen LogP contribution is -2.44. The monoisotopic (exact) mass is 230 g/mol. The van der Waals surface area contributed by atoms with Crippen molar-refractivity contribution in [3.8, 4) is 0 Å². The number of hydrogen-bond donors (Lipinski definition) is 3. The molecule has 0 spiro atoms. The van der Waals surface area contributed by atoms with Gasteiger partial charge in [-0.2, -0.15) is 0 Å². The van der Waals surface area contributed by atoms with Crippen molar-refractivity contribution in [2.45, 2.75) is 33.2 Å². The van der Waals surface area contributed by atoms with E-state index in [-0.39, 0.29) is 30.7 Å². The molecule has 0 saturated heterocycles. The molecule has 92 valence electrons. The van der Waals surface area contributed by atoms with Crippen molar-refractivity contribution >= 4 is 17.8 Å². The predicted octanol–water partition coefficient (Wildman–Crippen LogP) is -0.262. The zero-order chi connectivity index (χ0) is 12.7. The van der Waals surface area contributed by atoms with Crippen LogP contribution >= 0.6 is 0 Å². The van der Waals surface area contributed by atoms with Gasteiger partial charge in [-0.05, 0) is 5.92 Å². The molecule has 2 amide bonds. The van der Waals surface area contributed by atoms with Crippen molar-refractivity contribution in [1.82, 2.24) is 10.6 Å². The van der Waals surface area contributed by atoms with E-state index >= 15 is 0 Å². The van der Waals surface area contributed by atoms with Crippen molar-refractivity contribution < 1.29 is 19.5 Å². The summed E-state index contributed by atoms with van der Waals surface area (Å²) in [4.78, 5) is 32.4. The average molecular weight is 230 g/mol. The second kappa shape index (κ2) is 6.81. The zero-order valence-electron chi connectivity index (χ0n) is 9.74. The summed E-state index contributed by atoms with van der Waals surface area (Å²) >= 11 is 0. The maximum Gasteiger partial charge on any atom is 0.305 e. The van der Waals surface area contributed by atoms with Crippen LogP contribution < -0.4 is 10.6 Å². The van der Waals surface area contributed by atoms with E-state index in [0.717, 1.165) is 0 Å². The molecule has 6 heteroatoms. The van der Waals surface area contributed by atoms with E-state index in [9.17, 15) is 14.4 Å². The molecule has 0 aliphatic carbocycles. The molecular weight excluding hydrogens is 212 g/mol. The Bertz CT molecular complexity index is 276. The molecule has 0 aromatic rings. The van der Waals surface area contributed by atoms with Crippen LogP contribution in [0.25, 0.3) is 0 Å². The van der Waals surface area contributed by atoms with Gasteiger partial charge in [0.2, 0.25) is 11.8 Å². The van der Waals surface area contributed by atoms with Crippen LogP contribution in [0.4, 0.5) is 0 Å². The Kier molecular flexibility index (Phi) is 6.14. The fraction of sp³-hybridized carbons (Fsp3) is 0.700. The van der Waals surface area contributed by atoms with Gasteiger partial charge in [0.05, 0.1) is 13.0 Å². The summed E-state index contributed by atoms with van der Waals surface area (Å²) in [7, 11) is 0. The highest BCUT2D eigenvalue weighted by Crippen LogP contribution is 2.05. The summed E-state index contributed by atoms with van der Waals surface area (Å²) < 4.78 is 0. The van der Waals surface area contributed by atoms with Crippen LogP contribution in [-0.4, -0.2) is 35.5 Å². The molecule has 0 saturated carbocycles. The van der Waals surface area contributed by atoms with Gasteiger partial charge in [-0.25, -0.2) is 0 Å². The largest absolute Gasteiger partial charge is 0.481 e. The fourth-order valence-electron chi connectivity index (χ4n) is 1.10. The van der Waals surface area contributed by atoms with Gasteiger partial charge in [0.15, 0.2) is 0 Å². The predicted molar refractivity (Wildman–Crippen MR) is 57.7 cm³/mol. The highest BCUT2D eigenvalue weighted by Gasteiger charge is 2.19. The maximum absolute atomic E-state index is 11.3. The van der Waals surface area contributed by atoms with Crippen molar-refractivity contribution in [2.24, 2.45) is 5.92 Å². The first-order chi connectivity index (χ1) is 7.32. The summed E-state index contributed by atoms with van der Waals surface area (Å²) in [6.45, 7) is 4.83. The number of nitrogens with one attached hydrogen (secondary N) is 2. The van der Waals surface area contributed by atoms with Gasteiger partial charge < -0.3 is 15.7 Å². The number of aliphatic carboxylic acids is 1. The Labute approximate surface area is 94.4 Å².